The van der Waals surface area contributed by atoms with Gasteiger partial charge in [0.15, 0.2) is 5.78 Å². The van der Waals surface area contributed by atoms with Crippen LogP contribution in [0.1, 0.15) is 28.9 Å². The molecule has 2 heterocycles. The van der Waals surface area contributed by atoms with Crippen molar-refractivity contribution in [2.45, 2.75) is 24.9 Å². The van der Waals surface area contributed by atoms with E-state index in [1.807, 2.05) is 0 Å². The molecule has 1 saturated heterocycles. The van der Waals surface area contributed by atoms with Gasteiger partial charge in [-0.05, 0) is 48.4 Å². The molecule has 0 bridgehead atoms. The monoisotopic (exact) mass is 388 g/mol. The van der Waals surface area contributed by atoms with E-state index in [0.717, 1.165) is 6.07 Å². The Morgan fingerprint density at radius 3 is 2.50 bits per heavy atom. The Balaban J connectivity index is 1.35. The average molecular weight is 388 g/mol. The number of hydrogen-bond donors (Lipinski definition) is 2. The summed E-state index contributed by atoms with van der Waals surface area (Å²) < 4.78 is 27.0. The topological polar surface area (TPSA) is 73.7 Å². The van der Waals surface area contributed by atoms with E-state index >= 15 is 0 Å². The van der Waals surface area contributed by atoms with Crippen molar-refractivity contribution < 1.29 is 23.8 Å². The van der Waals surface area contributed by atoms with E-state index in [9.17, 15) is 23.8 Å². The fourth-order valence-electron chi connectivity index (χ4n) is 4.69. The van der Waals surface area contributed by atoms with Gasteiger partial charge in [-0.1, -0.05) is 6.07 Å². The van der Waals surface area contributed by atoms with Gasteiger partial charge < -0.3 is 10.2 Å². The molecule has 4 rings (SSSR count). The Kier molecular flexibility index (Phi) is 4.89. The molecule has 148 valence electrons. The minimum Gasteiger partial charge on any atom is -0.506 e. The fourth-order valence-corrected chi connectivity index (χ4v) is 4.69. The second-order valence-electron chi connectivity index (χ2n) is 8.08. The second kappa shape index (κ2) is 7.22. The molecule has 1 aromatic carbocycles. The zero-order valence-electron chi connectivity index (χ0n) is 15.3. The number of aromatic hydroxyl groups is 1. The van der Waals surface area contributed by atoms with Gasteiger partial charge >= 0.3 is 0 Å². The Morgan fingerprint density at radius 1 is 1.18 bits per heavy atom. The van der Waals surface area contributed by atoms with Crippen LogP contribution in [-0.2, 0) is 6.42 Å². The average Bonchev–Trinajstić information content (AvgIpc) is 3.12. The van der Waals surface area contributed by atoms with Crippen LogP contribution in [-0.4, -0.2) is 51.1 Å². The lowest BCUT2D eigenvalue weighted by Gasteiger charge is -2.26. The molecule has 28 heavy (non-hydrogen) atoms. The SMILES string of the molecule is O=C(CN1C[C@@H]2C[C@](O)(Cc3ccc(F)cc3F)C[C@@H]2C1)c1ccc(O)cn1. The predicted octanol–water partition coefficient (Wildman–Crippen LogP) is 2.56. The summed E-state index contributed by atoms with van der Waals surface area (Å²) in [5.41, 5.74) is -0.352. The van der Waals surface area contributed by atoms with Crippen molar-refractivity contribution in [3.05, 3.63) is 59.4 Å². The smallest absolute Gasteiger partial charge is 0.195 e. The van der Waals surface area contributed by atoms with Crippen LogP contribution in [0.4, 0.5) is 8.78 Å². The van der Waals surface area contributed by atoms with E-state index in [4.69, 9.17) is 0 Å². The number of hydrogen-bond acceptors (Lipinski definition) is 5. The Labute approximate surface area is 161 Å². The van der Waals surface area contributed by atoms with Crippen molar-refractivity contribution >= 4 is 5.78 Å². The molecule has 2 N–H and O–H groups in total. The van der Waals surface area contributed by atoms with Gasteiger partial charge in [-0.15, -0.1) is 0 Å². The number of benzene rings is 1. The minimum atomic E-state index is -0.997. The lowest BCUT2D eigenvalue weighted by molar-refractivity contribution is 0.0347. The Bertz CT molecular complexity index is 874. The summed E-state index contributed by atoms with van der Waals surface area (Å²) in [6.45, 7) is 1.64. The maximum Gasteiger partial charge on any atom is 0.195 e. The summed E-state index contributed by atoms with van der Waals surface area (Å²) in [5.74, 6) is -0.852. The van der Waals surface area contributed by atoms with Crippen LogP contribution in [0.2, 0.25) is 0 Å². The molecular formula is C21H22F2N2O3. The maximum atomic E-state index is 13.9. The lowest BCUT2D eigenvalue weighted by Crippen LogP contribution is -2.34. The van der Waals surface area contributed by atoms with Gasteiger partial charge in [0.2, 0.25) is 0 Å². The number of aliphatic hydroxyl groups is 1. The summed E-state index contributed by atoms with van der Waals surface area (Å²) >= 11 is 0. The van der Waals surface area contributed by atoms with Crippen LogP contribution in [0.3, 0.4) is 0 Å². The molecule has 7 heteroatoms. The number of fused-ring (bicyclic) bond motifs is 1. The molecule has 2 fully saturated rings. The van der Waals surface area contributed by atoms with Crippen LogP contribution in [0.15, 0.2) is 36.5 Å². The summed E-state index contributed by atoms with van der Waals surface area (Å²) in [4.78, 5) is 18.4. The molecule has 3 atom stereocenters. The predicted molar refractivity (Wildman–Crippen MR) is 97.9 cm³/mol. The molecule has 0 spiro atoms. The van der Waals surface area contributed by atoms with Gasteiger partial charge in [0.1, 0.15) is 23.1 Å². The number of rotatable bonds is 5. The van der Waals surface area contributed by atoms with Crippen LogP contribution >= 0.6 is 0 Å². The number of Topliss-reactive ketones (excluding diaryl/α,β-unsaturated/α-hetero) is 1. The molecule has 0 amide bonds. The van der Waals surface area contributed by atoms with E-state index in [0.29, 0.717) is 37.2 Å². The van der Waals surface area contributed by atoms with E-state index in [1.54, 1.807) is 0 Å². The van der Waals surface area contributed by atoms with Gasteiger partial charge in [0, 0.05) is 25.6 Å². The number of aromatic nitrogens is 1. The fraction of sp³-hybridized carbons (Fsp3) is 0.429. The Hall–Kier alpha value is -2.38. The largest absolute Gasteiger partial charge is 0.506 e. The third kappa shape index (κ3) is 3.91. The van der Waals surface area contributed by atoms with Crippen molar-refractivity contribution in [2.24, 2.45) is 11.8 Å². The lowest BCUT2D eigenvalue weighted by atomic mass is 9.91. The van der Waals surface area contributed by atoms with Crippen molar-refractivity contribution in [2.75, 3.05) is 19.6 Å². The first-order valence-corrected chi connectivity index (χ1v) is 9.38. The number of nitrogens with zero attached hydrogens (tertiary/aromatic N) is 2. The van der Waals surface area contributed by atoms with Gasteiger partial charge in [0.25, 0.3) is 0 Å². The standard InChI is InChI=1S/C21H22F2N2O3/c22-16-2-1-13(18(23)5-16)6-21(28)7-14-10-25(11-15(14)8-21)12-20(27)19-4-3-17(26)9-24-19/h1-5,9,14-15,26,28H,6-8,10-12H2/t14-,15+,21+. The number of halogens is 2. The van der Waals surface area contributed by atoms with Crippen molar-refractivity contribution in [1.29, 1.82) is 0 Å². The molecule has 1 aliphatic heterocycles. The van der Waals surface area contributed by atoms with E-state index in [1.165, 1.54) is 30.5 Å². The van der Waals surface area contributed by atoms with Gasteiger partial charge in [-0.2, -0.15) is 0 Å². The highest BCUT2D eigenvalue weighted by Crippen LogP contribution is 2.45. The second-order valence-corrected chi connectivity index (χ2v) is 8.08. The molecule has 0 unspecified atom stereocenters. The minimum absolute atomic E-state index is 0.0177. The van der Waals surface area contributed by atoms with Gasteiger partial charge in [-0.3, -0.25) is 9.69 Å². The van der Waals surface area contributed by atoms with Crippen LogP contribution in [0.25, 0.3) is 0 Å². The zero-order valence-corrected chi connectivity index (χ0v) is 15.3. The van der Waals surface area contributed by atoms with Crippen LogP contribution < -0.4 is 0 Å². The summed E-state index contributed by atoms with van der Waals surface area (Å²) in [7, 11) is 0. The molecular weight excluding hydrogens is 366 g/mol. The van der Waals surface area contributed by atoms with Gasteiger partial charge in [0.05, 0.1) is 18.3 Å². The van der Waals surface area contributed by atoms with Crippen molar-refractivity contribution in [1.82, 2.24) is 9.88 Å². The molecule has 1 aromatic heterocycles. The first kappa shape index (κ1) is 19.0. The van der Waals surface area contributed by atoms with E-state index in [2.05, 4.69) is 9.88 Å². The van der Waals surface area contributed by atoms with Crippen LogP contribution in [0, 0.1) is 23.5 Å². The first-order valence-electron chi connectivity index (χ1n) is 9.38. The molecule has 1 aliphatic carbocycles. The molecule has 1 saturated carbocycles. The third-order valence-corrected chi connectivity index (χ3v) is 5.87. The van der Waals surface area contributed by atoms with Crippen molar-refractivity contribution in [3.63, 3.8) is 0 Å². The van der Waals surface area contributed by atoms with E-state index in [-0.39, 0.29) is 36.3 Å². The number of likely N-dealkylation sites (tertiary alicyclic amines) is 1. The number of carbonyl (C=O) groups is 1. The molecule has 2 aliphatic rings. The highest BCUT2D eigenvalue weighted by molar-refractivity contribution is 5.95. The molecule has 0 radical (unpaired) electrons. The Morgan fingerprint density at radius 2 is 1.89 bits per heavy atom. The van der Waals surface area contributed by atoms with Gasteiger partial charge in [-0.25, -0.2) is 13.8 Å². The normalized spacial score (nSPS) is 27.1. The quantitative estimate of drug-likeness (QED) is 0.771. The number of ketones is 1. The highest BCUT2D eigenvalue weighted by Gasteiger charge is 2.48. The summed E-state index contributed by atoms with van der Waals surface area (Å²) in [6.07, 6.45) is 2.50. The highest BCUT2D eigenvalue weighted by atomic mass is 19.1. The summed E-state index contributed by atoms with van der Waals surface area (Å²) in [5, 5.41) is 20.2. The van der Waals surface area contributed by atoms with Crippen LogP contribution in [0.5, 0.6) is 5.75 Å². The zero-order chi connectivity index (χ0) is 19.9. The number of carbonyl (C=O) groups excluding carboxylic acids is 1. The number of pyridine rings is 1. The van der Waals surface area contributed by atoms with E-state index < -0.39 is 17.2 Å². The first-order chi connectivity index (χ1) is 13.3. The summed E-state index contributed by atoms with van der Waals surface area (Å²) in [6, 6.07) is 6.39. The van der Waals surface area contributed by atoms with Crippen molar-refractivity contribution in [3.8, 4) is 5.75 Å². The third-order valence-electron chi connectivity index (χ3n) is 5.87. The molecule has 5 nitrogen and oxygen atoms in total. The molecule has 2 aromatic rings. The maximum absolute atomic E-state index is 13.9.